The summed E-state index contributed by atoms with van der Waals surface area (Å²) < 4.78 is 2.05. The molecule has 1 N–H and O–H groups in total. The number of aliphatic carboxylic acids is 1. The number of carboxylic acids is 1. The molecule has 0 aliphatic rings. The summed E-state index contributed by atoms with van der Waals surface area (Å²) in [5.41, 5.74) is 2.23. The fourth-order valence-corrected chi connectivity index (χ4v) is 3.37. The van der Waals surface area contributed by atoms with E-state index >= 15 is 0 Å². The number of carbonyl (C=O) groups is 1. The van der Waals surface area contributed by atoms with Crippen molar-refractivity contribution in [2.75, 3.05) is 0 Å². The maximum absolute atomic E-state index is 10.6. The van der Waals surface area contributed by atoms with Crippen LogP contribution in [0.1, 0.15) is 23.5 Å². The van der Waals surface area contributed by atoms with Crippen LogP contribution in [0.3, 0.4) is 0 Å². The summed E-state index contributed by atoms with van der Waals surface area (Å²) in [5, 5.41) is 17.2. The first-order chi connectivity index (χ1) is 10.2. The first-order valence-electron chi connectivity index (χ1n) is 6.77. The highest BCUT2D eigenvalue weighted by molar-refractivity contribution is 7.17. The molecule has 21 heavy (non-hydrogen) atoms. The van der Waals surface area contributed by atoms with Crippen molar-refractivity contribution >= 4 is 22.3 Å². The van der Waals surface area contributed by atoms with E-state index in [0.717, 1.165) is 22.0 Å². The maximum Gasteiger partial charge on any atom is 0.303 e. The molecule has 2 heterocycles. The number of aromatic nitrogens is 3. The van der Waals surface area contributed by atoms with E-state index in [0.29, 0.717) is 12.8 Å². The maximum atomic E-state index is 10.6. The number of nitrogens with zero attached hydrogens (tertiary/aromatic N) is 3. The summed E-state index contributed by atoms with van der Waals surface area (Å²) in [6.45, 7) is 2.07. The highest BCUT2D eigenvalue weighted by Gasteiger charge is 2.16. The molecule has 0 unspecified atom stereocenters. The molecule has 5 nitrogen and oxygen atoms in total. The van der Waals surface area contributed by atoms with Crippen LogP contribution in [0, 0.1) is 6.92 Å². The average molecular weight is 301 g/mol. The van der Waals surface area contributed by atoms with Gasteiger partial charge in [-0.2, -0.15) is 0 Å². The minimum absolute atomic E-state index is 0.151. The van der Waals surface area contributed by atoms with Gasteiger partial charge in [0, 0.05) is 17.7 Å². The van der Waals surface area contributed by atoms with E-state index < -0.39 is 5.97 Å². The molecule has 1 aromatic carbocycles. The zero-order valence-electron chi connectivity index (χ0n) is 11.6. The highest BCUT2D eigenvalue weighted by Crippen LogP contribution is 2.31. The Balaban J connectivity index is 2.01. The second kappa shape index (κ2) is 5.65. The molecule has 3 aromatic rings. The summed E-state index contributed by atoms with van der Waals surface area (Å²) in [6, 6.07) is 10.1. The van der Waals surface area contributed by atoms with Crippen LogP contribution < -0.4 is 0 Å². The van der Waals surface area contributed by atoms with Gasteiger partial charge in [0.15, 0.2) is 0 Å². The molecule has 0 saturated heterocycles. The lowest BCUT2D eigenvalue weighted by Crippen LogP contribution is -2.00. The number of fused-ring (bicyclic) bond motifs is 1. The Labute approximate surface area is 125 Å². The summed E-state index contributed by atoms with van der Waals surface area (Å²) >= 11 is 1.61. The molecular formula is C15H15N3O2S. The van der Waals surface area contributed by atoms with E-state index in [1.807, 2.05) is 18.2 Å². The number of benzene rings is 1. The zero-order valence-corrected chi connectivity index (χ0v) is 12.4. The van der Waals surface area contributed by atoms with Gasteiger partial charge < -0.3 is 5.11 Å². The van der Waals surface area contributed by atoms with E-state index in [1.54, 1.807) is 11.3 Å². The number of aryl methyl sites for hydroxylation is 2. The van der Waals surface area contributed by atoms with Gasteiger partial charge in [-0.05, 0) is 18.9 Å². The van der Waals surface area contributed by atoms with Crippen LogP contribution in [0.25, 0.3) is 16.2 Å². The fourth-order valence-electron chi connectivity index (χ4n) is 2.42. The van der Waals surface area contributed by atoms with Crippen LogP contribution in [-0.2, 0) is 11.2 Å². The predicted molar refractivity (Wildman–Crippen MR) is 81.6 cm³/mol. The Hall–Kier alpha value is -2.21. The number of carboxylic acid groups (broad SMARTS) is 1. The third-order valence-corrected chi connectivity index (χ3v) is 4.29. The molecule has 0 atom stereocenters. The van der Waals surface area contributed by atoms with Crippen molar-refractivity contribution in [2.24, 2.45) is 0 Å². The Morgan fingerprint density at radius 1 is 1.29 bits per heavy atom. The number of thiazole rings is 1. The van der Waals surface area contributed by atoms with Gasteiger partial charge in [0.2, 0.25) is 4.96 Å². The van der Waals surface area contributed by atoms with Gasteiger partial charge in [0.05, 0.1) is 5.69 Å². The Morgan fingerprint density at radius 3 is 2.76 bits per heavy atom. The van der Waals surface area contributed by atoms with Gasteiger partial charge in [0.25, 0.3) is 0 Å². The number of hydrogen-bond acceptors (Lipinski definition) is 4. The molecular weight excluding hydrogens is 286 g/mol. The minimum Gasteiger partial charge on any atom is -0.481 e. The molecule has 2 aromatic heterocycles. The van der Waals surface area contributed by atoms with Crippen molar-refractivity contribution in [3.8, 4) is 11.3 Å². The average Bonchev–Trinajstić information content (AvgIpc) is 2.98. The van der Waals surface area contributed by atoms with Crippen molar-refractivity contribution in [3.05, 3.63) is 41.0 Å². The molecule has 0 fully saturated rings. The molecule has 108 valence electrons. The molecule has 0 aliphatic carbocycles. The molecule has 0 radical (unpaired) electrons. The zero-order chi connectivity index (χ0) is 14.8. The van der Waals surface area contributed by atoms with Crippen molar-refractivity contribution in [1.82, 2.24) is 14.6 Å². The van der Waals surface area contributed by atoms with Gasteiger partial charge in [-0.3, -0.25) is 9.20 Å². The van der Waals surface area contributed by atoms with Gasteiger partial charge in [0.1, 0.15) is 5.82 Å². The first kappa shape index (κ1) is 13.8. The standard InChI is InChI=1S/C15H15N3O2S/c1-10-14(11-6-3-2-4-7-11)18-12(8-5-9-13(19)20)16-17-15(18)21-10/h2-4,6-7H,5,8-9H2,1H3,(H,19,20). The lowest BCUT2D eigenvalue weighted by atomic mass is 10.1. The Kier molecular flexibility index (Phi) is 3.70. The van der Waals surface area contributed by atoms with Gasteiger partial charge in [-0.1, -0.05) is 41.7 Å². The summed E-state index contributed by atoms with van der Waals surface area (Å²) in [4.78, 5) is 12.7. The second-order valence-corrected chi connectivity index (χ2v) is 6.04. The molecule has 0 aliphatic heterocycles. The van der Waals surface area contributed by atoms with E-state index in [-0.39, 0.29) is 6.42 Å². The van der Waals surface area contributed by atoms with Crippen molar-refractivity contribution < 1.29 is 9.90 Å². The second-order valence-electron chi connectivity index (χ2n) is 4.85. The van der Waals surface area contributed by atoms with Crippen LogP contribution >= 0.6 is 11.3 Å². The van der Waals surface area contributed by atoms with Crippen LogP contribution in [0.15, 0.2) is 30.3 Å². The van der Waals surface area contributed by atoms with Crippen molar-refractivity contribution in [1.29, 1.82) is 0 Å². The van der Waals surface area contributed by atoms with Crippen LogP contribution in [-0.4, -0.2) is 25.7 Å². The molecule has 0 amide bonds. The van der Waals surface area contributed by atoms with E-state index in [2.05, 4.69) is 33.7 Å². The van der Waals surface area contributed by atoms with Crippen LogP contribution in [0.4, 0.5) is 0 Å². The summed E-state index contributed by atoms with van der Waals surface area (Å²) in [6.07, 6.45) is 1.33. The largest absolute Gasteiger partial charge is 0.481 e. The van der Waals surface area contributed by atoms with Gasteiger partial charge in [-0.25, -0.2) is 0 Å². The molecule has 0 saturated carbocycles. The molecule has 0 spiro atoms. The van der Waals surface area contributed by atoms with E-state index in [9.17, 15) is 4.79 Å². The number of rotatable bonds is 5. The fraction of sp³-hybridized carbons (Fsp3) is 0.267. The number of hydrogen-bond donors (Lipinski definition) is 1. The van der Waals surface area contributed by atoms with E-state index in [4.69, 9.17) is 5.11 Å². The molecule has 0 bridgehead atoms. The Bertz CT molecular complexity index is 777. The predicted octanol–water partition coefficient (Wildman–Crippen LogP) is 3.17. The first-order valence-corrected chi connectivity index (χ1v) is 7.59. The van der Waals surface area contributed by atoms with Crippen molar-refractivity contribution in [2.45, 2.75) is 26.2 Å². The SMILES string of the molecule is Cc1sc2nnc(CCCC(=O)O)n2c1-c1ccccc1. The summed E-state index contributed by atoms with van der Waals surface area (Å²) in [7, 11) is 0. The third-order valence-electron chi connectivity index (χ3n) is 3.34. The van der Waals surface area contributed by atoms with E-state index in [1.165, 1.54) is 4.88 Å². The lowest BCUT2D eigenvalue weighted by Gasteiger charge is -2.04. The lowest BCUT2D eigenvalue weighted by molar-refractivity contribution is -0.137. The summed E-state index contributed by atoms with van der Waals surface area (Å²) in [5.74, 6) is 0.0509. The molecule has 3 rings (SSSR count). The minimum atomic E-state index is -0.777. The van der Waals surface area contributed by atoms with Gasteiger partial charge >= 0.3 is 5.97 Å². The Morgan fingerprint density at radius 2 is 2.05 bits per heavy atom. The highest BCUT2D eigenvalue weighted by atomic mass is 32.1. The normalized spacial score (nSPS) is 11.1. The smallest absolute Gasteiger partial charge is 0.303 e. The third kappa shape index (κ3) is 2.67. The molecule has 6 heteroatoms. The van der Waals surface area contributed by atoms with Gasteiger partial charge in [-0.15, -0.1) is 10.2 Å². The van der Waals surface area contributed by atoms with Crippen molar-refractivity contribution in [3.63, 3.8) is 0 Å². The quantitative estimate of drug-likeness (QED) is 0.786. The monoisotopic (exact) mass is 301 g/mol. The van der Waals surface area contributed by atoms with Crippen LogP contribution in [0.5, 0.6) is 0 Å². The van der Waals surface area contributed by atoms with Crippen LogP contribution in [0.2, 0.25) is 0 Å². The topological polar surface area (TPSA) is 67.5 Å².